The molecule has 1 aliphatic heterocycles. The van der Waals surface area contributed by atoms with Crippen molar-refractivity contribution < 1.29 is 4.74 Å². The monoisotopic (exact) mass is 283 g/mol. The molecule has 2 heteroatoms. The van der Waals surface area contributed by atoms with Crippen LogP contribution in [-0.4, -0.2) is 0 Å². The molecule has 1 atom stereocenters. The van der Waals surface area contributed by atoms with E-state index in [0.717, 1.165) is 22.3 Å². The fraction of sp³-hybridized carbons (Fsp3) is 0.0500. The second-order valence-electron chi connectivity index (χ2n) is 5.34. The predicted molar refractivity (Wildman–Crippen MR) is 87.5 cm³/mol. The minimum Gasteiger partial charge on any atom is -0.480 e. The molecule has 1 heterocycles. The molecule has 0 saturated carbocycles. The molecule has 3 aromatic carbocycles. The van der Waals surface area contributed by atoms with Crippen molar-refractivity contribution in [3.05, 3.63) is 83.4 Å². The highest BCUT2D eigenvalue weighted by Crippen LogP contribution is 2.38. The van der Waals surface area contributed by atoms with E-state index in [1.807, 2.05) is 36.4 Å². The van der Waals surface area contributed by atoms with E-state index in [0.29, 0.717) is 5.56 Å². The number of benzene rings is 3. The van der Waals surface area contributed by atoms with E-state index in [4.69, 9.17) is 10.00 Å². The number of nitrogens with zero attached hydrogens (tertiary/aromatic N) is 1. The van der Waals surface area contributed by atoms with Crippen LogP contribution in [0.2, 0.25) is 0 Å². The summed E-state index contributed by atoms with van der Waals surface area (Å²) in [6, 6.07) is 22.1. The molecular formula is C20H13NO. The van der Waals surface area contributed by atoms with Gasteiger partial charge in [-0.3, -0.25) is 0 Å². The summed E-state index contributed by atoms with van der Waals surface area (Å²) in [6.07, 6.45) is 4.04. The Balaban J connectivity index is 1.77. The van der Waals surface area contributed by atoms with Crippen LogP contribution in [0, 0.1) is 11.3 Å². The summed E-state index contributed by atoms with van der Waals surface area (Å²) in [6.45, 7) is 0. The summed E-state index contributed by atoms with van der Waals surface area (Å²) in [5, 5.41) is 11.2. The van der Waals surface area contributed by atoms with Gasteiger partial charge in [0.15, 0.2) is 0 Å². The van der Waals surface area contributed by atoms with E-state index in [1.54, 1.807) is 0 Å². The number of ether oxygens (including phenoxy) is 1. The predicted octanol–water partition coefficient (Wildman–Crippen LogP) is 4.86. The zero-order chi connectivity index (χ0) is 14.9. The first-order valence-electron chi connectivity index (χ1n) is 7.22. The third kappa shape index (κ3) is 2.04. The van der Waals surface area contributed by atoms with Crippen LogP contribution in [0.4, 0.5) is 0 Å². The van der Waals surface area contributed by atoms with Gasteiger partial charge in [-0.25, -0.2) is 0 Å². The zero-order valence-electron chi connectivity index (χ0n) is 11.9. The Morgan fingerprint density at radius 2 is 1.73 bits per heavy atom. The molecule has 0 amide bonds. The van der Waals surface area contributed by atoms with Gasteiger partial charge in [-0.2, -0.15) is 5.26 Å². The molecule has 0 N–H and O–H groups in total. The Labute approximate surface area is 128 Å². The van der Waals surface area contributed by atoms with Gasteiger partial charge < -0.3 is 4.74 Å². The standard InChI is InChI=1S/C20H13NO/c21-13-14-5-7-16(8-6-14)19-12-11-17-10-9-15-3-1-2-4-18(15)20(17)22-19/h1-12,19H. The van der Waals surface area contributed by atoms with Crippen molar-refractivity contribution in [2.75, 3.05) is 0 Å². The molecular weight excluding hydrogens is 270 g/mol. The lowest BCUT2D eigenvalue weighted by Gasteiger charge is -2.23. The van der Waals surface area contributed by atoms with Crippen LogP contribution < -0.4 is 4.74 Å². The van der Waals surface area contributed by atoms with Gasteiger partial charge >= 0.3 is 0 Å². The maximum Gasteiger partial charge on any atom is 0.142 e. The van der Waals surface area contributed by atoms with Crippen LogP contribution in [0.5, 0.6) is 5.75 Å². The molecule has 2 nitrogen and oxygen atoms in total. The normalized spacial score (nSPS) is 15.9. The van der Waals surface area contributed by atoms with E-state index < -0.39 is 0 Å². The summed E-state index contributed by atoms with van der Waals surface area (Å²) in [5.41, 5.74) is 2.81. The first-order valence-corrected chi connectivity index (χ1v) is 7.22. The third-order valence-electron chi connectivity index (χ3n) is 3.97. The Morgan fingerprint density at radius 1 is 0.909 bits per heavy atom. The molecule has 1 aliphatic rings. The highest BCUT2D eigenvalue weighted by molar-refractivity contribution is 5.92. The maximum absolute atomic E-state index is 8.89. The lowest BCUT2D eigenvalue weighted by atomic mass is 10.00. The average molecular weight is 283 g/mol. The van der Waals surface area contributed by atoms with E-state index in [9.17, 15) is 0 Å². The van der Waals surface area contributed by atoms with E-state index >= 15 is 0 Å². The van der Waals surface area contributed by atoms with Gasteiger partial charge in [0.05, 0.1) is 11.6 Å². The first kappa shape index (κ1) is 12.7. The lowest BCUT2D eigenvalue weighted by Crippen LogP contribution is -2.09. The van der Waals surface area contributed by atoms with E-state index in [-0.39, 0.29) is 6.10 Å². The first-order chi connectivity index (χ1) is 10.8. The van der Waals surface area contributed by atoms with Crippen LogP contribution in [0.15, 0.2) is 66.7 Å². The minimum atomic E-state index is -0.119. The fourth-order valence-electron chi connectivity index (χ4n) is 2.81. The Kier molecular flexibility index (Phi) is 2.91. The quantitative estimate of drug-likeness (QED) is 0.639. The van der Waals surface area contributed by atoms with E-state index in [1.165, 1.54) is 5.39 Å². The molecule has 22 heavy (non-hydrogen) atoms. The minimum absolute atomic E-state index is 0.119. The summed E-state index contributed by atoms with van der Waals surface area (Å²) >= 11 is 0. The number of hydrogen-bond donors (Lipinski definition) is 0. The SMILES string of the molecule is N#Cc1ccc(C2C=Cc3ccc4ccccc4c3O2)cc1. The largest absolute Gasteiger partial charge is 0.480 e. The van der Waals surface area contributed by atoms with Gasteiger partial charge in [0.1, 0.15) is 11.9 Å². The highest BCUT2D eigenvalue weighted by Gasteiger charge is 2.18. The van der Waals surface area contributed by atoms with Gasteiger partial charge in [-0.05, 0) is 29.2 Å². The number of fused-ring (bicyclic) bond motifs is 3. The zero-order valence-corrected chi connectivity index (χ0v) is 11.9. The average Bonchev–Trinajstić information content (AvgIpc) is 2.61. The molecule has 0 aliphatic carbocycles. The van der Waals surface area contributed by atoms with Crippen molar-refractivity contribution in [1.29, 1.82) is 5.26 Å². The number of rotatable bonds is 1. The van der Waals surface area contributed by atoms with Crippen LogP contribution >= 0.6 is 0 Å². The third-order valence-corrected chi connectivity index (χ3v) is 3.97. The Hall–Kier alpha value is -3.05. The Bertz CT molecular complexity index is 917. The van der Waals surface area contributed by atoms with Crippen molar-refractivity contribution in [2.24, 2.45) is 0 Å². The smallest absolute Gasteiger partial charge is 0.142 e. The summed E-state index contributed by atoms with van der Waals surface area (Å²) in [5.74, 6) is 0.926. The van der Waals surface area contributed by atoms with Crippen LogP contribution in [0.25, 0.3) is 16.8 Å². The molecule has 0 radical (unpaired) electrons. The molecule has 3 aromatic rings. The molecule has 0 spiro atoms. The van der Waals surface area contributed by atoms with Crippen molar-refractivity contribution >= 4 is 16.8 Å². The van der Waals surface area contributed by atoms with Crippen molar-refractivity contribution in [1.82, 2.24) is 0 Å². The second kappa shape index (κ2) is 5.05. The lowest BCUT2D eigenvalue weighted by molar-refractivity contribution is 0.255. The fourth-order valence-corrected chi connectivity index (χ4v) is 2.81. The van der Waals surface area contributed by atoms with Crippen LogP contribution in [0.3, 0.4) is 0 Å². The van der Waals surface area contributed by atoms with Gasteiger partial charge in [-0.15, -0.1) is 0 Å². The highest BCUT2D eigenvalue weighted by atomic mass is 16.5. The molecule has 0 saturated heterocycles. The van der Waals surface area contributed by atoms with Gasteiger partial charge in [0.2, 0.25) is 0 Å². The van der Waals surface area contributed by atoms with Crippen molar-refractivity contribution in [3.8, 4) is 11.8 Å². The van der Waals surface area contributed by atoms with E-state index in [2.05, 4.69) is 42.5 Å². The number of nitriles is 1. The van der Waals surface area contributed by atoms with Crippen LogP contribution in [-0.2, 0) is 0 Å². The Morgan fingerprint density at radius 3 is 2.55 bits per heavy atom. The molecule has 0 aromatic heterocycles. The summed E-state index contributed by atoms with van der Waals surface area (Å²) < 4.78 is 6.24. The van der Waals surface area contributed by atoms with Gasteiger partial charge in [-0.1, -0.05) is 54.6 Å². The maximum atomic E-state index is 8.89. The molecule has 1 unspecified atom stereocenters. The van der Waals surface area contributed by atoms with Crippen molar-refractivity contribution in [3.63, 3.8) is 0 Å². The van der Waals surface area contributed by atoms with Gasteiger partial charge in [0, 0.05) is 10.9 Å². The molecule has 4 rings (SSSR count). The summed E-state index contributed by atoms with van der Waals surface area (Å²) in [7, 11) is 0. The summed E-state index contributed by atoms with van der Waals surface area (Å²) in [4.78, 5) is 0. The molecule has 104 valence electrons. The number of hydrogen-bond acceptors (Lipinski definition) is 2. The van der Waals surface area contributed by atoms with Crippen LogP contribution in [0.1, 0.15) is 22.8 Å². The molecule has 0 fully saturated rings. The van der Waals surface area contributed by atoms with Gasteiger partial charge in [0.25, 0.3) is 0 Å². The second-order valence-corrected chi connectivity index (χ2v) is 5.34. The topological polar surface area (TPSA) is 33.0 Å². The van der Waals surface area contributed by atoms with Crippen molar-refractivity contribution in [2.45, 2.75) is 6.10 Å². The molecule has 0 bridgehead atoms.